The minimum atomic E-state index is -0.438. The highest BCUT2D eigenvalue weighted by Crippen LogP contribution is 2.15. The van der Waals surface area contributed by atoms with Gasteiger partial charge in [0.25, 0.3) is 5.69 Å². The third-order valence-corrected chi connectivity index (χ3v) is 4.30. The molecule has 30 heavy (non-hydrogen) atoms. The van der Waals surface area contributed by atoms with Gasteiger partial charge < -0.3 is 0 Å². The molecule has 146 valence electrons. The molecule has 0 atom stereocenters. The van der Waals surface area contributed by atoms with E-state index in [-0.39, 0.29) is 5.69 Å². The summed E-state index contributed by atoms with van der Waals surface area (Å²) in [5.74, 6) is 0.466. The predicted octanol–water partition coefficient (Wildman–Crippen LogP) is 4.85. The van der Waals surface area contributed by atoms with E-state index in [1.165, 1.54) is 18.3 Å². The topological polar surface area (TPSA) is 92.8 Å². The number of benzene rings is 3. The molecule has 7 nitrogen and oxygen atoms in total. The van der Waals surface area contributed by atoms with Gasteiger partial charge in [-0.3, -0.25) is 15.5 Å². The van der Waals surface area contributed by atoms with Gasteiger partial charge in [0.2, 0.25) is 0 Å². The number of hydrogen-bond donors (Lipinski definition) is 1. The lowest BCUT2D eigenvalue weighted by atomic mass is 10.2. The van der Waals surface area contributed by atoms with E-state index in [0.717, 1.165) is 16.6 Å². The third kappa shape index (κ3) is 4.53. The number of hydrogen-bond acceptors (Lipinski definition) is 5. The molecule has 1 N–H and O–H groups in total. The molecule has 0 bridgehead atoms. The second kappa shape index (κ2) is 8.74. The van der Waals surface area contributed by atoms with E-state index >= 15 is 0 Å². The van der Waals surface area contributed by atoms with E-state index in [4.69, 9.17) is 0 Å². The quantitative estimate of drug-likeness (QED) is 0.226. The Morgan fingerprint density at radius 2 is 1.73 bits per heavy atom. The first-order chi connectivity index (χ1) is 14.7. The molecule has 0 saturated heterocycles. The SMILES string of the molecule is O=[N+]([O-])c1cccc(/C=N\NC(=Nc2ccccc2)c2ccc3ccccc3n2)c1. The highest BCUT2D eigenvalue weighted by molar-refractivity contribution is 6.00. The molecule has 0 unspecified atom stereocenters. The van der Waals surface area contributed by atoms with Crippen molar-refractivity contribution in [2.75, 3.05) is 0 Å². The predicted molar refractivity (Wildman–Crippen MR) is 118 cm³/mol. The maximum absolute atomic E-state index is 10.9. The van der Waals surface area contributed by atoms with Crippen LogP contribution in [0, 0.1) is 10.1 Å². The second-order valence-electron chi connectivity index (χ2n) is 6.41. The Kier molecular flexibility index (Phi) is 5.52. The molecule has 3 aromatic carbocycles. The van der Waals surface area contributed by atoms with Crippen molar-refractivity contribution in [3.63, 3.8) is 0 Å². The number of aliphatic imine (C=N–C) groups is 1. The standard InChI is InChI=1S/C23H17N5O2/c29-28(30)20-11-6-7-17(15-20)16-24-27-23(25-19-9-2-1-3-10-19)22-14-13-18-8-4-5-12-21(18)26-22/h1-16H,(H,25,27)/b24-16-. The Morgan fingerprint density at radius 3 is 2.57 bits per heavy atom. The van der Waals surface area contributed by atoms with Crippen molar-refractivity contribution in [2.24, 2.45) is 10.1 Å². The zero-order valence-corrected chi connectivity index (χ0v) is 15.8. The second-order valence-corrected chi connectivity index (χ2v) is 6.41. The van der Waals surface area contributed by atoms with Crippen molar-refractivity contribution < 1.29 is 4.92 Å². The molecule has 7 heteroatoms. The van der Waals surface area contributed by atoms with Crippen LogP contribution in [0.25, 0.3) is 10.9 Å². The number of aromatic nitrogens is 1. The van der Waals surface area contributed by atoms with Gasteiger partial charge in [0.05, 0.1) is 22.3 Å². The van der Waals surface area contributed by atoms with Gasteiger partial charge in [-0.1, -0.05) is 54.6 Å². The monoisotopic (exact) mass is 395 g/mol. The molecule has 4 rings (SSSR count). The first kappa shape index (κ1) is 18.9. The fourth-order valence-electron chi connectivity index (χ4n) is 2.86. The smallest absolute Gasteiger partial charge is 0.260 e. The van der Waals surface area contributed by atoms with Crippen LogP contribution in [0.5, 0.6) is 0 Å². The van der Waals surface area contributed by atoms with Crippen molar-refractivity contribution in [3.05, 3.63) is 112 Å². The molecule has 0 spiro atoms. The van der Waals surface area contributed by atoms with E-state index in [1.807, 2.05) is 66.7 Å². The van der Waals surface area contributed by atoms with E-state index in [2.05, 4.69) is 20.5 Å². The molecule has 0 saturated carbocycles. The molecule has 4 aromatic rings. The number of non-ortho nitro benzene ring substituents is 1. The van der Waals surface area contributed by atoms with Crippen LogP contribution in [0.15, 0.2) is 101 Å². The lowest BCUT2D eigenvalue weighted by Crippen LogP contribution is -2.20. The number of hydrazone groups is 1. The van der Waals surface area contributed by atoms with Gasteiger partial charge in [-0.15, -0.1) is 0 Å². The zero-order chi connectivity index (χ0) is 20.8. The fourth-order valence-corrected chi connectivity index (χ4v) is 2.86. The van der Waals surface area contributed by atoms with Gasteiger partial charge in [-0.25, -0.2) is 9.98 Å². The molecular formula is C23H17N5O2. The van der Waals surface area contributed by atoms with Gasteiger partial charge in [0.1, 0.15) is 5.69 Å². The normalized spacial score (nSPS) is 11.7. The van der Waals surface area contributed by atoms with Crippen LogP contribution in [-0.4, -0.2) is 22.0 Å². The summed E-state index contributed by atoms with van der Waals surface area (Å²) in [6, 6.07) is 27.4. The van der Waals surface area contributed by atoms with Gasteiger partial charge in [0.15, 0.2) is 5.84 Å². The van der Waals surface area contributed by atoms with Crippen LogP contribution < -0.4 is 5.43 Å². The van der Waals surface area contributed by atoms with E-state index < -0.39 is 4.92 Å². The molecule has 0 amide bonds. The Bertz CT molecular complexity index is 1250. The summed E-state index contributed by atoms with van der Waals surface area (Å²) in [6.45, 7) is 0. The molecule has 0 aliphatic carbocycles. The maximum Gasteiger partial charge on any atom is 0.270 e. The van der Waals surface area contributed by atoms with Crippen molar-refractivity contribution in [1.82, 2.24) is 10.4 Å². The number of rotatable bonds is 5. The highest BCUT2D eigenvalue weighted by Gasteiger charge is 2.07. The first-order valence-electron chi connectivity index (χ1n) is 9.22. The molecule has 0 fully saturated rings. The summed E-state index contributed by atoms with van der Waals surface area (Å²) >= 11 is 0. The lowest BCUT2D eigenvalue weighted by molar-refractivity contribution is -0.384. The molecule has 1 aromatic heterocycles. The fraction of sp³-hybridized carbons (Fsp3) is 0. The average Bonchev–Trinajstić information content (AvgIpc) is 2.79. The van der Waals surface area contributed by atoms with Crippen LogP contribution >= 0.6 is 0 Å². The zero-order valence-electron chi connectivity index (χ0n) is 15.8. The molecule has 1 heterocycles. The summed E-state index contributed by atoms with van der Waals surface area (Å²) in [5.41, 5.74) is 5.77. The highest BCUT2D eigenvalue weighted by atomic mass is 16.6. The van der Waals surface area contributed by atoms with Crippen molar-refractivity contribution >= 4 is 34.3 Å². The minimum Gasteiger partial charge on any atom is -0.260 e. The van der Waals surface area contributed by atoms with Crippen molar-refractivity contribution in [3.8, 4) is 0 Å². The van der Waals surface area contributed by atoms with Gasteiger partial charge in [-0.05, 0) is 24.3 Å². The Hall–Kier alpha value is -4.39. The Labute approximate surface area is 172 Å². The summed E-state index contributed by atoms with van der Waals surface area (Å²) in [5, 5.41) is 16.2. The molecular weight excluding hydrogens is 378 g/mol. The van der Waals surface area contributed by atoms with Crippen molar-refractivity contribution in [1.29, 1.82) is 0 Å². The van der Waals surface area contributed by atoms with Gasteiger partial charge in [-0.2, -0.15) is 5.10 Å². The number of fused-ring (bicyclic) bond motifs is 1. The van der Waals surface area contributed by atoms with Crippen LogP contribution in [0.1, 0.15) is 11.3 Å². The summed E-state index contributed by atoms with van der Waals surface area (Å²) < 4.78 is 0. The Balaban J connectivity index is 1.66. The molecule has 0 aliphatic heterocycles. The Morgan fingerprint density at radius 1 is 0.933 bits per heavy atom. The van der Waals surface area contributed by atoms with Gasteiger partial charge in [0, 0.05) is 23.1 Å². The maximum atomic E-state index is 10.9. The molecule has 0 radical (unpaired) electrons. The number of nitrogens with zero attached hydrogens (tertiary/aromatic N) is 4. The van der Waals surface area contributed by atoms with Gasteiger partial charge >= 0.3 is 0 Å². The van der Waals surface area contributed by atoms with E-state index in [9.17, 15) is 10.1 Å². The number of nitrogens with one attached hydrogen (secondary N) is 1. The van der Waals surface area contributed by atoms with Crippen LogP contribution in [0.2, 0.25) is 0 Å². The van der Waals surface area contributed by atoms with Crippen LogP contribution in [-0.2, 0) is 0 Å². The minimum absolute atomic E-state index is 0.00771. The van der Waals surface area contributed by atoms with E-state index in [0.29, 0.717) is 17.1 Å². The summed E-state index contributed by atoms with van der Waals surface area (Å²) in [7, 11) is 0. The third-order valence-electron chi connectivity index (χ3n) is 4.30. The van der Waals surface area contributed by atoms with Crippen LogP contribution in [0.4, 0.5) is 11.4 Å². The van der Waals surface area contributed by atoms with Crippen molar-refractivity contribution in [2.45, 2.75) is 0 Å². The first-order valence-corrected chi connectivity index (χ1v) is 9.22. The number of pyridine rings is 1. The number of amidine groups is 1. The molecule has 0 aliphatic rings. The summed E-state index contributed by atoms with van der Waals surface area (Å²) in [6.07, 6.45) is 1.51. The van der Waals surface area contributed by atoms with Crippen LogP contribution in [0.3, 0.4) is 0 Å². The number of nitro groups is 1. The number of nitro benzene ring substituents is 1. The average molecular weight is 395 g/mol. The number of para-hydroxylation sites is 2. The largest absolute Gasteiger partial charge is 0.270 e. The van der Waals surface area contributed by atoms with E-state index in [1.54, 1.807) is 12.1 Å². The lowest BCUT2D eigenvalue weighted by Gasteiger charge is -2.07. The summed E-state index contributed by atoms with van der Waals surface area (Å²) in [4.78, 5) is 19.8.